The van der Waals surface area contributed by atoms with Crippen LogP contribution in [-0.2, 0) is 11.2 Å². The highest BCUT2D eigenvalue weighted by Crippen LogP contribution is 2.43. The molecule has 1 saturated heterocycles. The van der Waals surface area contributed by atoms with Crippen LogP contribution in [0.15, 0.2) is 17.0 Å². The number of aromatic nitrogens is 2. The topological polar surface area (TPSA) is 94.4 Å². The number of ketones is 1. The van der Waals surface area contributed by atoms with Gasteiger partial charge in [0.25, 0.3) is 0 Å². The van der Waals surface area contributed by atoms with E-state index in [1.807, 2.05) is 6.92 Å². The van der Waals surface area contributed by atoms with Gasteiger partial charge in [0.1, 0.15) is 15.9 Å². The Hall–Kier alpha value is -2.39. The van der Waals surface area contributed by atoms with Crippen molar-refractivity contribution in [2.24, 2.45) is 0 Å². The lowest BCUT2D eigenvalue weighted by molar-refractivity contribution is -0.114. The van der Waals surface area contributed by atoms with Crippen molar-refractivity contribution in [3.8, 4) is 17.2 Å². The summed E-state index contributed by atoms with van der Waals surface area (Å²) in [6.07, 6.45) is 2.49. The van der Waals surface area contributed by atoms with Gasteiger partial charge in [-0.25, -0.2) is 0 Å². The monoisotopic (exact) mass is 405 g/mol. The summed E-state index contributed by atoms with van der Waals surface area (Å²) < 4.78 is 16.0. The summed E-state index contributed by atoms with van der Waals surface area (Å²) in [4.78, 5) is 13.4. The van der Waals surface area contributed by atoms with Gasteiger partial charge in [0.2, 0.25) is 5.75 Å². The summed E-state index contributed by atoms with van der Waals surface area (Å²) in [5, 5.41) is 18.1. The van der Waals surface area contributed by atoms with Crippen LogP contribution in [0.4, 0.5) is 0 Å². The smallest absolute Gasteiger partial charge is 0.203 e. The van der Waals surface area contributed by atoms with Gasteiger partial charge in [-0.15, -0.1) is 21.5 Å². The second kappa shape index (κ2) is 8.10. The van der Waals surface area contributed by atoms with Crippen LogP contribution in [0.3, 0.4) is 0 Å². The van der Waals surface area contributed by atoms with Crippen molar-refractivity contribution in [3.05, 3.63) is 32.6 Å². The van der Waals surface area contributed by atoms with E-state index >= 15 is 0 Å². The molecule has 0 bridgehead atoms. The van der Waals surface area contributed by atoms with E-state index in [-0.39, 0.29) is 10.8 Å². The lowest BCUT2D eigenvalue weighted by atomic mass is 10.0. The van der Waals surface area contributed by atoms with Crippen molar-refractivity contribution >= 4 is 40.0 Å². The zero-order chi connectivity index (χ0) is 19.6. The van der Waals surface area contributed by atoms with Crippen LogP contribution in [-0.4, -0.2) is 42.4 Å². The Morgan fingerprint density at radius 1 is 1.15 bits per heavy atom. The highest BCUT2D eigenvalue weighted by atomic mass is 32.2. The molecule has 1 aromatic heterocycles. The number of nitrogens with zero attached hydrogens (tertiary/aromatic N) is 2. The molecule has 2 aromatic rings. The molecular weight excluding hydrogens is 386 g/mol. The summed E-state index contributed by atoms with van der Waals surface area (Å²) in [5.74, 6) is 0.683. The third kappa shape index (κ3) is 3.70. The number of nitrogens with one attached hydrogen (secondary N) is 1. The second-order valence-electron chi connectivity index (χ2n) is 5.62. The molecule has 1 aliphatic rings. The van der Waals surface area contributed by atoms with Crippen LogP contribution in [0.5, 0.6) is 17.2 Å². The second-order valence-corrected chi connectivity index (χ2v) is 7.80. The summed E-state index contributed by atoms with van der Waals surface area (Å²) in [5.41, 5.74) is 0.723. The first-order chi connectivity index (χ1) is 13.0. The van der Waals surface area contributed by atoms with Gasteiger partial charge in [0, 0.05) is 0 Å². The van der Waals surface area contributed by atoms with Gasteiger partial charge >= 0.3 is 0 Å². The van der Waals surface area contributed by atoms with E-state index < -0.39 is 5.92 Å². The molecule has 7 nitrogen and oxygen atoms in total. The predicted molar refractivity (Wildman–Crippen MR) is 106 cm³/mol. The number of thioether (sulfide) groups is 1. The Balaban J connectivity index is 1.96. The van der Waals surface area contributed by atoms with Crippen LogP contribution in [0, 0.1) is 5.41 Å². The molecule has 2 heterocycles. The van der Waals surface area contributed by atoms with E-state index in [1.165, 1.54) is 32.7 Å². The summed E-state index contributed by atoms with van der Waals surface area (Å²) in [7, 11) is 4.61. The van der Waals surface area contributed by atoms with Crippen molar-refractivity contribution in [3.63, 3.8) is 0 Å². The van der Waals surface area contributed by atoms with Gasteiger partial charge in [-0.1, -0.05) is 18.7 Å². The zero-order valence-corrected chi connectivity index (χ0v) is 17.0. The molecule has 3 rings (SSSR count). The fourth-order valence-corrected chi connectivity index (χ4v) is 4.63. The van der Waals surface area contributed by atoms with E-state index in [1.54, 1.807) is 18.2 Å². The van der Waals surface area contributed by atoms with E-state index in [0.29, 0.717) is 27.2 Å². The standard InChI is InChI=1S/C18H19N3O4S2/c1-5-13-20-21-18(27-13)14-15(22)12(26-17(14)19)8-9-6-10(23-2)16(25-4)11(7-9)24-3/h6-8,14,19H,5H2,1-4H3. The Kier molecular flexibility index (Phi) is 5.81. The molecule has 0 spiro atoms. The van der Waals surface area contributed by atoms with Gasteiger partial charge in [0.05, 0.1) is 31.3 Å². The maximum absolute atomic E-state index is 12.9. The zero-order valence-electron chi connectivity index (χ0n) is 15.4. The number of methoxy groups -OCH3 is 3. The molecule has 9 heteroatoms. The number of rotatable bonds is 6. The van der Waals surface area contributed by atoms with Gasteiger partial charge < -0.3 is 14.2 Å². The van der Waals surface area contributed by atoms with Gasteiger partial charge in [-0.05, 0) is 30.2 Å². The fourth-order valence-electron chi connectivity index (χ4n) is 2.68. The molecule has 0 radical (unpaired) electrons. The molecule has 27 heavy (non-hydrogen) atoms. The van der Waals surface area contributed by atoms with E-state index in [4.69, 9.17) is 19.6 Å². The molecule has 0 saturated carbocycles. The minimum Gasteiger partial charge on any atom is -0.493 e. The number of Topliss-reactive ketones (excluding diaryl/α,β-unsaturated/α-hetero) is 1. The maximum Gasteiger partial charge on any atom is 0.203 e. The largest absolute Gasteiger partial charge is 0.493 e. The van der Waals surface area contributed by atoms with Gasteiger partial charge in [-0.3, -0.25) is 10.2 Å². The normalized spacial score (nSPS) is 18.2. The lowest BCUT2D eigenvalue weighted by Crippen LogP contribution is -2.11. The average molecular weight is 406 g/mol. The summed E-state index contributed by atoms with van der Waals surface area (Å²) in [6.45, 7) is 1.98. The number of allylic oxidation sites excluding steroid dienone is 1. The molecule has 1 atom stereocenters. The molecule has 1 N–H and O–H groups in total. The minimum atomic E-state index is -0.666. The number of carbonyl (C=O) groups is 1. The number of ether oxygens (including phenoxy) is 3. The van der Waals surface area contributed by atoms with Crippen molar-refractivity contribution in [2.75, 3.05) is 21.3 Å². The van der Waals surface area contributed by atoms with E-state index in [0.717, 1.165) is 28.8 Å². The molecule has 142 valence electrons. The number of carbonyl (C=O) groups excluding carboxylic acids is 1. The van der Waals surface area contributed by atoms with Crippen molar-refractivity contribution in [1.82, 2.24) is 10.2 Å². The first-order valence-electron chi connectivity index (χ1n) is 8.16. The SMILES string of the molecule is CCc1nnc(C2C(=N)SC(=Cc3cc(OC)c(OC)c(OC)c3)C2=O)s1. The Bertz CT molecular complexity index is 898. The highest BCUT2D eigenvalue weighted by molar-refractivity contribution is 8.19. The predicted octanol–water partition coefficient (Wildman–Crippen LogP) is 3.54. The minimum absolute atomic E-state index is 0.141. The van der Waals surface area contributed by atoms with Crippen LogP contribution < -0.4 is 14.2 Å². The Morgan fingerprint density at radius 2 is 1.81 bits per heavy atom. The first kappa shape index (κ1) is 19.4. The van der Waals surface area contributed by atoms with E-state index in [9.17, 15) is 4.79 Å². The average Bonchev–Trinajstić information content (AvgIpc) is 3.25. The van der Waals surface area contributed by atoms with Crippen molar-refractivity contribution in [1.29, 1.82) is 5.41 Å². The Morgan fingerprint density at radius 3 is 2.33 bits per heavy atom. The highest BCUT2D eigenvalue weighted by Gasteiger charge is 2.39. The van der Waals surface area contributed by atoms with Crippen LogP contribution in [0.2, 0.25) is 0 Å². The third-order valence-corrected chi connectivity index (χ3v) is 6.13. The number of hydrogen-bond donors (Lipinski definition) is 1. The van der Waals surface area contributed by atoms with E-state index in [2.05, 4.69) is 10.2 Å². The van der Waals surface area contributed by atoms with Gasteiger partial charge in [0.15, 0.2) is 17.3 Å². The molecule has 0 amide bonds. The lowest BCUT2D eigenvalue weighted by Gasteiger charge is -2.13. The van der Waals surface area contributed by atoms with Crippen molar-refractivity contribution in [2.45, 2.75) is 19.3 Å². The molecule has 0 aliphatic carbocycles. The molecule has 1 fully saturated rings. The quantitative estimate of drug-likeness (QED) is 0.735. The Labute approximate surface area is 165 Å². The third-order valence-electron chi connectivity index (χ3n) is 4.00. The number of hydrogen-bond acceptors (Lipinski definition) is 9. The molecule has 1 aromatic carbocycles. The van der Waals surface area contributed by atoms with Crippen LogP contribution in [0.1, 0.15) is 28.4 Å². The molecular formula is C18H19N3O4S2. The van der Waals surface area contributed by atoms with Crippen LogP contribution >= 0.6 is 23.1 Å². The van der Waals surface area contributed by atoms with Crippen molar-refractivity contribution < 1.29 is 19.0 Å². The first-order valence-corrected chi connectivity index (χ1v) is 9.80. The van der Waals surface area contributed by atoms with Crippen LogP contribution in [0.25, 0.3) is 6.08 Å². The molecule has 1 unspecified atom stereocenters. The van der Waals surface area contributed by atoms with Gasteiger partial charge in [-0.2, -0.15) is 0 Å². The summed E-state index contributed by atoms with van der Waals surface area (Å²) in [6, 6.07) is 3.53. The molecule has 1 aliphatic heterocycles. The number of aryl methyl sites for hydroxylation is 1. The summed E-state index contributed by atoms with van der Waals surface area (Å²) >= 11 is 2.53. The number of benzene rings is 1. The maximum atomic E-state index is 12.9. The fraction of sp³-hybridized carbons (Fsp3) is 0.333.